The molecule has 0 aromatic rings. The second-order valence-electron chi connectivity index (χ2n) is 3.20. The number of hydrogen-bond acceptors (Lipinski definition) is 2. The highest BCUT2D eigenvalue weighted by Gasteiger charge is 1.45. The van der Waals surface area contributed by atoms with Gasteiger partial charge in [-0.05, 0) is 0 Å². The van der Waals surface area contributed by atoms with E-state index in [0.717, 1.165) is 0 Å². The first kappa shape index (κ1) is 59.8. The van der Waals surface area contributed by atoms with E-state index >= 15 is 0 Å². The van der Waals surface area contributed by atoms with Crippen LogP contribution in [0, 0.1) is 0 Å². The largest absolute Gasteiger partial charge is 0 e. The quantitative estimate of drug-likeness (QED) is 0.333. The lowest BCUT2D eigenvalue weighted by atomic mass is 30.7. The fraction of sp³-hybridized carbons (Fsp3) is 0. The Morgan fingerprint density at radius 3 is 0.224 bits per heavy atom. The summed E-state index contributed by atoms with van der Waals surface area (Å²) in [5.41, 5.74) is 0. The van der Waals surface area contributed by atoms with Gasteiger partial charge in [0.25, 0.3) is 0 Å². The molecule has 0 fully saturated rings. The summed E-state index contributed by atoms with van der Waals surface area (Å²) in [6, 6.07) is 0. The van der Waals surface area contributed by atoms with Crippen molar-refractivity contribution < 1.29 is 0 Å². The van der Waals surface area contributed by atoms with Gasteiger partial charge in [0, 0.05) is 440 Å². The van der Waals surface area contributed by atoms with Crippen molar-refractivity contribution in [1.82, 2.24) is 0 Å². The highest BCUT2D eigenvalue weighted by atomic mass is 33.5. The first-order valence-corrected chi connectivity index (χ1v) is 72.0. The molecule has 0 aromatic heterocycles. The first-order valence-electron chi connectivity index (χ1n) is 8.00. The zero-order valence-electron chi connectivity index (χ0n) is 20.0. The van der Waals surface area contributed by atoms with Crippen LogP contribution in [0.1, 0.15) is 0 Å². The van der Waals surface area contributed by atoms with E-state index in [2.05, 4.69) is 0 Å². The molecule has 0 atom stereocenters. The fourth-order valence-corrected chi connectivity index (χ4v) is 124. The molecule has 0 aliphatic rings. The molecule has 0 saturated carbocycles. The zero-order chi connectivity index (χ0) is 35.2. The van der Waals surface area contributed by atoms with E-state index in [1.165, 1.54) is 17.8 Å². The van der Waals surface area contributed by atoms with Gasteiger partial charge in [0.05, 0.1) is 0 Å². The lowest BCUT2D eigenvalue weighted by Gasteiger charge is -1.41. The average Bonchev–Trinajstić information content (AvgIpc) is 3.11. The van der Waals surface area contributed by atoms with Crippen molar-refractivity contribution in [2.24, 2.45) is 0 Å². The average molecular weight is 1570 g/mol. The van der Waals surface area contributed by atoms with Crippen molar-refractivity contribution >= 4 is 440 Å². The molecule has 49 heavy (non-hydrogen) atoms. The standard InChI is InChI=1S/S49/c1-3-5-7-9-11-13-15-17-19-21-23-25-27-29-31-33-35-37-39-41-43-45-47-49-48-46-44-42-40-38-36-34-32-30-28-26-24-22-20-18-16-14-12-10-8-6-4-2. The van der Waals surface area contributed by atoms with Crippen LogP contribution in [0.5, 0.6) is 0 Å². The van der Waals surface area contributed by atoms with Gasteiger partial charge in [-0.25, -0.2) is 0 Å². The summed E-state index contributed by atoms with van der Waals surface area (Å²) in [5, 5.41) is 0. The van der Waals surface area contributed by atoms with Crippen molar-refractivity contribution in [2.45, 2.75) is 0 Å². The molecule has 0 heterocycles. The Bertz CT molecular complexity index is 3110. The molecule has 0 aliphatic carbocycles. The van der Waals surface area contributed by atoms with E-state index in [4.69, 9.17) is 22.4 Å². The predicted molar refractivity (Wildman–Crippen MR) is 361 cm³/mol. The highest BCUT2D eigenvalue weighted by Crippen LogP contribution is 1.45. The van der Waals surface area contributed by atoms with Crippen LogP contribution in [0.2, 0.25) is 0 Å². The third kappa shape index (κ3) is 58.8. The molecule has 0 spiro atoms. The summed E-state index contributed by atoms with van der Waals surface area (Å²) in [6.07, 6.45) is 0. The molecule has 0 N–H and O–H groups in total. The minimum atomic E-state index is 1.37. The molecule has 294 valence electrons. The lowest BCUT2D eigenvalue weighted by Crippen LogP contribution is -1.41. The van der Waals surface area contributed by atoms with Gasteiger partial charge in [-0.2, -0.15) is 0 Å². The van der Waals surface area contributed by atoms with Crippen LogP contribution in [0.3, 0.4) is 0 Å². The van der Waals surface area contributed by atoms with Gasteiger partial charge in [-0.1, -0.05) is 0 Å². The molecule has 0 unspecified atom stereocenters. The molecule has 0 aliphatic heterocycles. The molecule has 0 aromatic carbocycles. The van der Waals surface area contributed by atoms with Crippen LogP contribution in [0.4, 0.5) is 0 Å². The van der Waals surface area contributed by atoms with Crippen LogP contribution >= 0.6 is 0 Å². The topological polar surface area (TPSA) is 0 Å². The summed E-state index contributed by atoms with van der Waals surface area (Å²) in [7, 11) is 83.9. The Hall–Kier alpha value is 10.8. The van der Waals surface area contributed by atoms with E-state index in [-0.39, 0.29) is 0 Å². The second kappa shape index (κ2) is 58.8. The molecule has 0 rings (SSSR count). The van der Waals surface area contributed by atoms with Crippen LogP contribution < -0.4 is 0 Å². The third-order valence-electron chi connectivity index (χ3n) is 1.28. The maximum atomic E-state index is 4.81. The van der Waals surface area contributed by atoms with Crippen LogP contribution in [-0.2, 0) is 440 Å². The summed E-state index contributed by atoms with van der Waals surface area (Å²) in [5.74, 6) is 0. The van der Waals surface area contributed by atoms with E-state index in [9.17, 15) is 0 Å². The van der Waals surface area contributed by atoms with E-state index in [0.29, 0.717) is 0 Å². The van der Waals surface area contributed by atoms with Crippen molar-refractivity contribution in [3.63, 3.8) is 0 Å². The van der Waals surface area contributed by atoms with Gasteiger partial charge >= 0.3 is 0 Å². The molecule has 0 saturated heterocycles. The Morgan fingerprint density at radius 2 is 0.163 bits per heavy atom. The molecule has 0 radical (unpaired) electrons. The molecular formula is S49. The Labute approximate surface area is 426 Å². The monoisotopic (exact) mass is 1570 g/mol. The maximum Gasteiger partial charge on any atom is 0 e. The maximum absolute atomic E-state index is 4.81. The van der Waals surface area contributed by atoms with E-state index in [1.54, 1.807) is 107 Å². The highest BCUT2D eigenvalue weighted by molar-refractivity contribution is 8.82. The lowest BCUT2D eigenvalue weighted by molar-refractivity contribution is 5.95. The third-order valence-corrected chi connectivity index (χ3v) is 103. The Kier molecular flexibility index (Phi) is 71.7. The summed E-state index contributed by atoms with van der Waals surface area (Å²) < 4.78 is 0. The SMILES string of the molecule is S=S=S=S=S=S=S=S=S=S=S=S=S=S=S=S=S=S=S=S=S=S=S=S=S=S=S=S=S=S=S=S=S=S=S=S=S=S=S=S=S=S=S=S=S=S=S=S=S. The molecular weight excluding hydrogens is 1570 g/mol. The van der Waals surface area contributed by atoms with Crippen molar-refractivity contribution in [2.75, 3.05) is 0 Å². The van der Waals surface area contributed by atoms with Gasteiger partial charge in [0.2, 0.25) is 0 Å². The summed E-state index contributed by atoms with van der Waals surface area (Å²) in [6.45, 7) is 0. The first-order chi connectivity index (χ1) is 24.4. The minimum absolute atomic E-state index is 1.37. The summed E-state index contributed by atoms with van der Waals surface area (Å²) >= 11 is 9.62. The minimum Gasteiger partial charge on any atom is 0 e. The van der Waals surface area contributed by atoms with Gasteiger partial charge in [-0.3, -0.25) is 0 Å². The van der Waals surface area contributed by atoms with Gasteiger partial charge < -0.3 is 0 Å². The van der Waals surface area contributed by atoms with Crippen molar-refractivity contribution in [3.8, 4) is 0 Å². The van der Waals surface area contributed by atoms with Crippen LogP contribution in [0.15, 0.2) is 0 Å². The van der Waals surface area contributed by atoms with E-state index in [1.807, 2.05) is 293 Å². The molecule has 0 bridgehead atoms. The van der Waals surface area contributed by atoms with Gasteiger partial charge in [0.1, 0.15) is 0 Å². The Balaban J connectivity index is 6.08. The van der Waals surface area contributed by atoms with Crippen molar-refractivity contribution in [3.05, 3.63) is 0 Å². The predicted octanol–water partition coefficient (Wildman–Crippen LogP) is -0.118. The van der Waals surface area contributed by atoms with Gasteiger partial charge in [-0.15, -0.1) is 0 Å². The summed E-state index contributed by atoms with van der Waals surface area (Å²) in [4.78, 5) is 0. The van der Waals surface area contributed by atoms with Crippen molar-refractivity contribution in [1.29, 1.82) is 0 Å². The van der Waals surface area contributed by atoms with Gasteiger partial charge in [0.15, 0.2) is 0 Å². The molecule has 0 nitrogen and oxygen atoms in total. The second-order valence-corrected chi connectivity index (χ2v) is 86.3. The van der Waals surface area contributed by atoms with E-state index < -0.39 is 0 Å². The van der Waals surface area contributed by atoms with Crippen LogP contribution in [-0.4, -0.2) is 0 Å². The van der Waals surface area contributed by atoms with Crippen LogP contribution in [0.25, 0.3) is 0 Å². The molecule has 0 amide bonds. The fourth-order valence-electron chi connectivity index (χ4n) is 0.510. The number of rotatable bonds is 0. The number of hydrogen-bond donors (Lipinski definition) is 0. The Morgan fingerprint density at radius 1 is 0.102 bits per heavy atom. The molecule has 49 heteroatoms. The zero-order valence-corrected chi connectivity index (χ0v) is 60.0. The smallest absolute Gasteiger partial charge is 0 e. The normalized spacial score (nSPS) is 7.76.